The van der Waals surface area contributed by atoms with Crippen LogP contribution >= 0.6 is 11.6 Å². The molecule has 33 heavy (non-hydrogen) atoms. The molecule has 8 nitrogen and oxygen atoms in total. The number of pyridine rings is 1. The summed E-state index contributed by atoms with van der Waals surface area (Å²) in [4.78, 5) is 27.4. The van der Waals surface area contributed by atoms with Gasteiger partial charge in [0.05, 0.1) is 39.9 Å². The lowest BCUT2D eigenvalue weighted by atomic mass is 10.1. The van der Waals surface area contributed by atoms with Crippen LogP contribution in [0.1, 0.15) is 16.1 Å². The van der Waals surface area contributed by atoms with Crippen molar-refractivity contribution in [1.82, 2.24) is 24.4 Å². The molecule has 0 unspecified atom stereocenters. The third-order valence-electron chi connectivity index (χ3n) is 5.03. The number of aromatic amines is 1. The van der Waals surface area contributed by atoms with Gasteiger partial charge in [0.1, 0.15) is 0 Å². The Morgan fingerprint density at radius 3 is 2.70 bits per heavy atom. The highest BCUT2D eigenvalue weighted by atomic mass is 35.5. The van der Waals surface area contributed by atoms with Crippen molar-refractivity contribution in [3.8, 4) is 5.69 Å². The van der Waals surface area contributed by atoms with Crippen LogP contribution in [0.15, 0.2) is 66.0 Å². The van der Waals surface area contributed by atoms with Crippen molar-refractivity contribution in [2.75, 3.05) is 5.32 Å². The minimum atomic E-state index is -4.92. The smallest absolute Gasteiger partial charge is 0.329 e. The molecule has 166 valence electrons. The van der Waals surface area contributed by atoms with E-state index in [1.54, 1.807) is 12.3 Å². The number of nitrogens with one attached hydrogen (secondary N) is 2. The summed E-state index contributed by atoms with van der Waals surface area (Å²) in [5.41, 5.74) is -1.78. The molecule has 5 aromatic rings. The van der Waals surface area contributed by atoms with Crippen molar-refractivity contribution in [2.45, 2.75) is 6.18 Å². The van der Waals surface area contributed by atoms with Crippen molar-refractivity contribution in [3.05, 3.63) is 87.8 Å². The fraction of sp³-hybridized carbons (Fsp3) is 0.0476. The van der Waals surface area contributed by atoms with Crippen LogP contribution in [-0.4, -0.2) is 30.3 Å². The summed E-state index contributed by atoms with van der Waals surface area (Å²) in [7, 11) is 0. The molecule has 0 saturated carbocycles. The van der Waals surface area contributed by atoms with Gasteiger partial charge in [0.25, 0.3) is 11.5 Å². The quantitative estimate of drug-likeness (QED) is 0.409. The number of anilines is 1. The molecular formula is C21H12ClF3N6O2. The number of alkyl halides is 3. The summed E-state index contributed by atoms with van der Waals surface area (Å²) in [6, 6.07) is 8.86. The lowest BCUT2D eigenvalue weighted by Crippen LogP contribution is -2.21. The average Bonchev–Trinajstić information content (AvgIpc) is 3.38. The number of amides is 1. The van der Waals surface area contributed by atoms with Gasteiger partial charge in [-0.3, -0.25) is 9.59 Å². The lowest BCUT2D eigenvalue weighted by molar-refractivity contribution is -0.143. The SMILES string of the molecule is O=C(Nc1cnn2ccc(Cl)c2c1)c1cnn(-c2cccc3c(=O)[nH]ccc23)c1C(F)(F)F. The Morgan fingerprint density at radius 1 is 1.09 bits per heavy atom. The van der Waals surface area contributed by atoms with E-state index in [-0.39, 0.29) is 22.1 Å². The second-order valence-corrected chi connectivity index (χ2v) is 7.46. The number of hydrogen-bond acceptors (Lipinski definition) is 4. The van der Waals surface area contributed by atoms with Crippen LogP contribution in [0.5, 0.6) is 0 Å². The van der Waals surface area contributed by atoms with Gasteiger partial charge in [-0.2, -0.15) is 23.4 Å². The summed E-state index contributed by atoms with van der Waals surface area (Å²) in [5.74, 6) is -1.03. The largest absolute Gasteiger partial charge is 0.434 e. The van der Waals surface area contributed by atoms with Crippen molar-refractivity contribution < 1.29 is 18.0 Å². The van der Waals surface area contributed by atoms with E-state index in [1.807, 2.05) is 0 Å². The molecule has 2 N–H and O–H groups in total. The van der Waals surface area contributed by atoms with Crippen LogP contribution in [0.25, 0.3) is 22.0 Å². The number of carbonyl (C=O) groups is 1. The summed E-state index contributed by atoms with van der Waals surface area (Å²) in [5, 5.41) is 11.1. The highest BCUT2D eigenvalue weighted by Crippen LogP contribution is 2.35. The maximum absolute atomic E-state index is 14.1. The Balaban J connectivity index is 1.61. The van der Waals surface area contributed by atoms with Crippen LogP contribution in [0.4, 0.5) is 18.9 Å². The normalized spacial score (nSPS) is 11.9. The second-order valence-electron chi connectivity index (χ2n) is 7.05. The third-order valence-corrected chi connectivity index (χ3v) is 5.35. The third kappa shape index (κ3) is 3.52. The monoisotopic (exact) mass is 472 g/mol. The van der Waals surface area contributed by atoms with Gasteiger partial charge in [-0.05, 0) is 30.3 Å². The Labute approximate surface area is 187 Å². The number of nitrogens with zero attached hydrogens (tertiary/aromatic N) is 4. The van der Waals surface area contributed by atoms with Gasteiger partial charge in [-0.15, -0.1) is 0 Å². The maximum Gasteiger partial charge on any atom is 0.434 e. The van der Waals surface area contributed by atoms with Crippen molar-refractivity contribution in [2.24, 2.45) is 0 Å². The van der Waals surface area contributed by atoms with Gasteiger partial charge < -0.3 is 10.3 Å². The van der Waals surface area contributed by atoms with Gasteiger partial charge in [0.2, 0.25) is 0 Å². The summed E-state index contributed by atoms with van der Waals surface area (Å²) in [6.45, 7) is 0. The molecule has 0 aliphatic carbocycles. The van der Waals surface area contributed by atoms with Crippen LogP contribution in [0.2, 0.25) is 5.02 Å². The highest BCUT2D eigenvalue weighted by Gasteiger charge is 2.41. The van der Waals surface area contributed by atoms with Crippen LogP contribution < -0.4 is 10.9 Å². The minimum Gasteiger partial charge on any atom is -0.329 e. The van der Waals surface area contributed by atoms with Crippen LogP contribution in [-0.2, 0) is 6.18 Å². The molecule has 1 aromatic carbocycles. The molecule has 0 aliphatic heterocycles. The van der Waals surface area contributed by atoms with Gasteiger partial charge in [-0.1, -0.05) is 17.7 Å². The average molecular weight is 473 g/mol. The fourth-order valence-corrected chi connectivity index (χ4v) is 3.78. The number of rotatable bonds is 3. The molecule has 0 fully saturated rings. The first-order valence-electron chi connectivity index (χ1n) is 9.44. The van der Waals surface area contributed by atoms with Gasteiger partial charge in [0, 0.05) is 23.2 Å². The number of benzene rings is 1. The van der Waals surface area contributed by atoms with E-state index in [0.29, 0.717) is 15.2 Å². The van der Waals surface area contributed by atoms with E-state index in [0.717, 1.165) is 6.20 Å². The molecule has 0 aliphatic rings. The van der Waals surface area contributed by atoms with E-state index in [9.17, 15) is 22.8 Å². The number of halogens is 4. The fourth-order valence-electron chi connectivity index (χ4n) is 3.58. The number of aromatic nitrogens is 5. The number of fused-ring (bicyclic) bond motifs is 2. The topological polar surface area (TPSA) is 97.1 Å². The first-order chi connectivity index (χ1) is 15.7. The Kier molecular flexibility index (Phi) is 4.71. The van der Waals surface area contributed by atoms with E-state index >= 15 is 0 Å². The Bertz CT molecular complexity index is 1600. The molecule has 12 heteroatoms. The van der Waals surface area contributed by atoms with Gasteiger partial charge >= 0.3 is 6.18 Å². The highest BCUT2D eigenvalue weighted by molar-refractivity contribution is 6.34. The molecule has 4 aromatic heterocycles. The number of hydrogen-bond donors (Lipinski definition) is 2. The van der Waals surface area contributed by atoms with E-state index in [1.165, 1.54) is 47.2 Å². The molecule has 0 radical (unpaired) electrons. The molecule has 0 saturated heterocycles. The predicted octanol–water partition coefficient (Wildman–Crippen LogP) is 4.29. The summed E-state index contributed by atoms with van der Waals surface area (Å²) < 4.78 is 44.3. The Morgan fingerprint density at radius 2 is 1.91 bits per heavy atom. The van der Waals surface area contributed by atoms with Crippen LogP contribution in [0, 0.1) is 0 Å². The lowest BCUT2D eigenvalue weighted by Gasteiger charge is -2.14. The van der Waals surface area contributed by atoms with Crippen molar-refractivity contribution in [1.29, 1.82) is 0 Å². The van der Waals surface area contributed by atoms with Crippen LogP contribution in [0.3, 0.4) is 0 Å². The molecule has 0 spiro atoms. The zero-order valence-corrected chi connectivity index (χ0v) is 17.1. The Hall–Kier alpha value is -4.12. The van der Waals surface area contributed by atoms with E-state index < -0.39 is 28.9 Å². The number of H-pyrrole nitrogens is 1. The van der Waals surface area contributed by atoms with Crippen molar-refractivity contribution in [3.63, 3.8) is 0 Å². The molecule has 0 atom stereocenters. The molecule has 1 amide bonds. The van der Waals surface area contributed by atoms with Crippen molar-refractivity contribution >= 4 is 39.5 Å². The predicted molar refractivity (Wildman–Crippen MR) is 115 cm³/mol. The first-order valence-corrected chi connectivity index (χ1v) is 9.82. The van der Waals surface area contributed by atoms with Gasteiger partial charge in [-0.25, -0.2) is 9.20 Å². The number of carbonyl (C=O) groups excluding carboxylic acids is 1. The zero-order valence-electron chi connectivity index (χ0n) is 16.4. The first kappa shape index (κ1) is 20.8. The molecule has 0 bridgehead atoms. The summed E-state index contributed by atoms with van der Waals surface area (Å²) in [6.07, 6.45) is 0.134. The maximum atomic E-state index is 14.1. The zero-order chi connectivity index (χ0) is 23.3. The second kappa shape index (κ2) is 7.48. The van der Waals surface area contributed by atoms with E-state index in [4.69, 9.17) is 11.6 Å². The standard InChI is InChI=1S/C21H12ClF3N6O2/c22-15-5-7-30-17(15)8-11(9-27-30)29-20(33)14-10-28-31(18(14)21(23,24)25)16-3-1-2-13-12(16)4-6-26-19(13)32/h1-10H,(H,26,32)(H,29,33). The van der Waals surface area contributed by atoms with E-state index in [2.05, 4.69) is 20.5 Å². The minimum absolute atomic E-state index is 0.00743. The van der Waals surface area contributed by atoms with Gasteiger partial charge in [0.15, 0.2) is 5.69 Å². The molecule has 5 rings (SSSR count). The summed E-state index contributed by atoms with van der Waals surface area (Å²) >= 11 is 6.05. The molecule has 4 heterocycles. The molecular weight excluding hydrogens is 461 g/mol.